The highest BCUT2D eigenvalue weighted by Crippen LogP contribution is 2.17. The molecule has 17 nitrogen and oxygen atoms in total. The molecule has 0 aliphatic carbocycles. The summed E-state index contributed by atoms with van der Waals surface area (Å²) in [7, 11) is 0. The molecule has 0 saturated carbocycles. The van der Waals surface area contributed by atoms with Crippen molar-refractivity contribution in [2.45, 2.75) is 30.6 Å². The average molecular weight is 472 g/mol. The molecule has 0 aromatic carbocycles. The van der Waals surface area contributed by atoms with E-state index >= 15 is 0 Å². The highest BCUT2D eigenvalue weighted by atomic mass is 16.8. The third-order valence-corrected chi connectivity index (χ3v) is 4.61. The second kappa shape index (κ2) is 10.1. The second-order valence-electron chi connectivity index (χ2n) is 6.92. The topological polar surface area (TPSA) is 248 Å². The predicted molar refractivity (Wildman–Crippen MR) is 109 cm³/mol. The molecule has 0 radical (unpaired) electrons. The maximum absolute atomic E-state index is 11.5. The van der Waals surface area contributed by atoms with Gasteiger partial charge >= 0.3 is 11.4 Å². The van der Waals surface area contributed by atoms with E-state index in [1.54, 1.807) is 0 Å². The van der Waals surface area contributed by atoms with Crippen molar-refractivity contribution in [3.05, 3.63) is 45.5 Å². The third kappa shape index (κ3) is 5.20. The summed E-state index contributed by atoms with van der Waals surface area (Å²) in [5.41, 5.74) is 9.27. The fraction of sp³-hybridized carbons (Fsp3) is 0.500. The summed E-state index contributed by atoms with van der Waals surface area (Å²) >= 11 is 0. The largest absolute Gasteiger partial charge is 0.393 e. The van der Waals surface area contributed by atoms with Crippen LogP contribution >= 0.6 is 0 Å². The van der Waals surface area contributed by atoms with Crippen molar-refractivity contribution in [3.8, 4) is 0 Å². The van der Waals surface area contributed by atoms with E-state index in [0.29, 0.717) is 0 Å². The molecule has 0 spiro atoms. The Morgan fingerprint density at radius 2 is 1.45 bits per heavy atom. The van der Waals surface area contributed by atoms with Crippen LogP contribution in [0.15, 0.2) is 34.1 Å². The zero-order chi connectivity index (χ0) is 24.3. The number of β-amino-alcohol motifs (C(OH)–C–C–N with tert-alkyl or cyclic N) is 1. The Labute approximate surface area is 184 Å². The summed E-state index contributed by atoms with van der Waals surface area (Å²) in [5.74, 6) is 0.138. The molecular formula is C16H24N8O9. The van der Waals surface area contributed by atoms with E-state index < -0.39 is 48.6 Å². The van der Waals surface area contributed by atoms with Crippen LogP contribution in [-0.4, -0.2) is 95.3 Å². The van der Waals surface area contributed by atoms with Crippen LogP contribution in [0, 0.1) is 0 Å². The van der Waals surface area contributed by atoms with Gasteiger partial charge in [0, 0.05) is 12.4 Å². The van der Waals surface area contributed by atoms with Gasteiger partial charge in [-0.1, -0.05) is 0 Å². The minimum atomic E-state index is -1.48. The van der Waals surface area contributed by atoms with Crippen molar-refractivity contribution in [1.29, 1.82) is 0 Å². The van der Waals surface area contributed by atoms with Crippen molar-refractivity contribution in [1.82, 2.24) is 19.3 Å². The molecule has 0 amide bonds. The molecule has 182 valence electrons. The molecule has 2 aromatic heterocycles. The van der Waals surface area contributed by atoms with E-state index in [1.165, 1.54) is 24.5 Å². The van der Waals surface area contributed by atoms with Crippen molar-refractivity contribution < 1.29 is 35.2 Å². The van der Waals surface area contributed by atoms with Gasteiger partial charge in [-0.25, -0.2) is 19.3 Å². The summed E-state index contributed by atoms with van der Waals surface area (Å²) in [6.45, 7) is -0.739. The molecule has 2 aliphatic rings. The van der Waals surface area contributed by atoms with Crippen LogP contribution in [0.3, 0.4) is 0 Å². The molecule has 2 aromatic rings. The first-order valence-electron chi connectivity index (χ1n) is 9.53. The maximum Gasteiger partial charge on any atom is 0.370 e. The molecular weight excluding hydrogens is 448 g/mol. The van der Waals surface area contributed by atoms with Crippen LogP contribution < -0.4 is 33.2 Å². The van der Waals surface area contributed by atoms with Gasteiger partial charge in [-0.05, 0) is 12.1 Å². The third-order valence-electron chi connectivity index (χ3n) is 4.61. The lowest BCUT2D eigenvalue weighted by molar-refractivity contribution is -0.0235. The molecule has 17 heteroatoms. The maximum atomic E-state index is 11.5. The lowest BCUT2D eigenvalue weighted by Crippen LogP contribution is -2.47. The van der Waals surface area contributed by atoms with E-state index in [0.717, 1.165) is 19.7 Å². The van der Waals surface area contributed by atoms with Gasteiger partial charge in [0.2, 0.25) is 0 Å². The number of hydrogen-bond donors (Lipinski definition) is 7. The van der Waals surface area contributed by atoms with Crippen LogP contribution in [0.1, 0.15) is 0 Å². The van der Waals surface area contributed by atoms with Crippen LogP contribution in [0.2, 0.25) is 0 Å². The van der Waals surface area contributed by atoms with Gasteiger partial charge in [-0.3, -0.25) is 0 Å². The minimum absolute atomic E-state index is 0.0270. The lowest BCUT2D eigenvalue weighted by atomic mass is 10.2. The number of aliphatic hydroxyl groups is 5. The van der Waals surface area contributed by atoms with Gasteiger partial charge in [-0.15, -0.1) is 0 Å². The fourth-order valence-electron chi connectivity index (χ4n) is 2.89. The normalized spacial score (nSPS) is 26.9. The molecule has 4 heterocycles. The standard InChI is InChI=1S/C8H12N4O5.C8H12N4O4/c9-5-1-2-11(8(16)10-5)12-7(15)6(14)4(3-13)17-12;9-7-1-2-11(8(15)10-7)12-3-5(14)6(4-13)16-12/h1-2,4,6-7,13-15H,3H2,(H2,9,10,16);1-2,5-6,13-14H,3-4H2,(H2,9,10,15)/t4-,6-,7-;5-,6+/m10/s1. The Kier molecular flexibility index (Phi) is 7.43. The number of aromatic nitrogens is 4. The van der Waals surface area contributed by atoms with Crippen molar-refractivity contribution in [2.75, 3.05) is 41.6 Å². The zero-order valence-electron chi connectivity index (χ0n) is 17.0. The Balaban J connectivity index is 0.000000186. The van der Waals surface area contributed by atoms with Crippen molar-refractivity contribution in [3.63, 3.8) is 0 Å². The highest BCUT2D eigenvalue weighted by molar-refractivity contribution is 5.24. The number of nitrogens with two attached hydrogens (primary N) is 2. The molecule has 0 unspecified atom stereocenters. The number of nitrogen functional groups attached to an aromatic ring is 2. The molecule has 33 heavy (non-hydrogen) atoms. The number of nitrogens with zero attached hydrogens (tertiary/aromatic N) is 6. The predicted octanol–water partition coefficient (Wildman–Crippen LogP) is -5.82. The molecule has 2 aliphatic heterocycles. The van der Waals surface area contributed by atoms with Gasteiger partial charge < -0.3 is 37.0 Å². The second-order valence-corrected chi connectivity index (χ2v) is 6.92. The monoisotopic (exact) mass is 472 g/mol. The van der Waals surface area contributed by atoms with E-state index in [1.807, 2.05) is 0 Å². The summed E-state index contributed by atoms with van der Waals surface area (Å²) < 4.78 is 1.93. The van der Waals surface area contributed by atoms with Crippen LogP contribution in [0.5, 0.6) is 0 Å². The van der Waals surface area contributed by atoms with E-state index in [2.05, 4.69) is 9.97 Å². The van der Waals surface area contributed by atoms with E-state index in [9.17, 15) is 24.9 Å². The molecule has 4 rings (SSSR count). The molecule has 5 atom stereocenters. The molecule has 9 N–H and O–H groups in total. The van der Waals surface area contributed by atoms with Crippen LogP contribution in [0.4, 0.5) is 11.6 Å². The molecule has 2 fully saturated rings. The van der Waals surface area contributed by atoms with Gasteiger partial charge in [0.1, 0.15) is 36.1 Å². The quantitative estimate of drug-likeness (QED) is 0.219. The first kappa shape index (κ1) is 24.3. The first-order valence-corrected chi connectivity index (χ1v) is 9.53. The van der Waals surface area contributed by atoms with Crippen molar-refractivity contribution >= 4 is 11.6 Å². The Morgan fingerprint density at radius 3 is 1.91 bits per heavy atom. The average Bonchev–Trinajstić information content (AvgIpc) is 3.28. The van der Waals surface area contributed by atoms with E-state index in [-0.39, 0.29) is 24.8 Å². The molecule has 2 saturated heterocycles. The Hall–Kier alpha value is -3.32. The summed E-state index contributed by atoms with van der Waals surface area (Å²) in [4.78, 5) is 40.0. The number of aliphatic hydroxyl groups excluding tert-OH is 5. The first-order chi connectivity index (χ1) is 15.7. The van der Waals surface area contributed by atoms with Gasteiger partial charge in [0.25, 0.3) is 0 Å². The fourth-order valence-corrected chi connectivity index (χ4v) is 2.89. The smallest absolute Gasteiger partial charge is 0.370 e. The van der Waals surface area contributed by atoms with Gasteiger partial charge in [0.05, 0.1) is 19.8 Å². The zero-order valence-corrected chi connectivity index (χ0v) is 17.0. The minimum Gasteiger partial charge on any atom is -0.393 e. The highest BCUT2D eigenvalue weighted by Gasteiger charge is 2.42. The Bertz CT molecular complexity index is 1060. The van der Waals surface area contributed by atoms with Gasteiger partial charge in [0.15, 0.2) is 6.23 Å². The Morgan fingerprint density at radius 1 is 0.909 bits per heavy atom. The number of hydroxylamine groups is 2. The van der Waals surface area contributed by atoms with Crippen LogP contribution in [-0.2, 0) is 9.68 Å². The number of rotatable bonds is 4. The summed E-state index contributed by atoms with van der Waals surface area (Å²) in [6, 6.07) is 2.76. The number of hydrogen-bond acceptors (Lipinski definition) is 15. The van der Waals surface area contributed by atoms with E-state index in [4.69, 9.17) is 31.4 Å². The van der Waals surface area contributed by atoms with Crippen molar-refractivity contribution in [2.24, 2.45) is 0 Å². The lowest BCUT2D eigenvalue weighted by Gasteiger charge is -2.21. The molecule has 0 bridgehead atoms. The summed E-state index contributed by atoms with van der Waals surface area (Å²) in [6.07, 6.45) is -2.77. The van der Waals surface area contributed by atoms with Crippen LogP contribution in [0.25, 0.3) is 0 Å². The SMILES string of the molecule is Nc1ccn(N2C[C@H](O)[C@@H](CO)O2)c(=O)n1.Nc1ccn(N2O[C@H](CO)[C@@H](O)[C@H]2O)c(=O)n1. The number of anilines is 2. The van der Waals surface area contributed by atoms with Gasteiger partial charge in [-0.2, -0.15) is 29.7 Å². The summed E-state index contributed by atoms with van der Waals surface area (Å²) in [5, 5.41) is 48.2.